The van der Waals surface area contributed by atoms with Gasteiger partial charge in [-0.2, -0.15) is 0 Å². The quantitative estimate of drug-likeness (QED) is 0.324. The Hall–Kier alpha value is -2.03. The minimum atomic E-state index is 0. The lowest BCUT2D eigenvalue weighted by Gasteiger charge is -2.19. The molecule has 1 aromatic carbocycles. The molecule has 7 heteroatoms. The van der Waals surface area contributed by atoms with Crippen molar-refractivity contribution in [3.63, 3.8) is 0 Å². The van der Waals surface area contributed by atoms with E-state index >= 15 is 0 Å². The molecule has 0 radical (unpaired) electrons. The van der Waals surface area contributed by atoms with E-state index in [1.807, 2.05) is 41.3 Å². The first-order chi connectivity index (χ1) is 12.7. The SMILES string of the molecule is CCCOc1ccc(Oc2ncccc2CN=C(N)N(CC)CC)cc1.I. The van der Waals surface area contributed by atoms with E-state index < -0.39 is 0 Å². The first kappa shape index (κ1) is 23.0. The molecule has 27 heavy (non-hydrogen) atoms. The third-order valence-corrected chi connectivity index (χ3v) is 3.86. The molecular weight excluding hydrogens is 455 g/mol. The van der Waals surface area contributed by atoms with E-state index in [-0.39, 0.29) is 24.0 Å². The van der Waals surface area contributed by atoms with Crippen molar-refractivity contribution in [2.45, 2.75) is 33.7 Å². The lowest BCUT2D eigenvalue weighted by Crippen LogP contribution is -2.37. The van der Waals surface area contributed by atoms with E-state index in [1.54, 1.807) is 6.20 Å². The molecule has 0 saturated carbocycles. The molecule has 0 aliphatic heterocycles. The molecule has 0 aliphatic rings. The Labute approximate surface area is 178 Å². The summed E-state index contributed by atoms with van der Waals surface area (Å²) in [4.78, 5) is 10.8. The number of pyridine rings is 1. The van der Waals surface area contributed by atoms with Crippen molar-refractivity contribution in [2.75, 3.05) is 19.7 Å². The zero-order valence-corrected chi connectivity index (χ0v) is 18.6. The van der Waals surface area contributed by atoms with Gasteiger partial charge in [-0.05, 0) is 50.6 Å². The van der Waals surface area contributed by atoms with Crippen molar-refractivity contribution in [3.05, 3.63) is 48.2 Å². The number of ether oxygens (including phenoxy) is 2. The van der Waals surface area contributed by atoms with Crippen molar-refractivity contribution in [1.29, 1.82) is 0 Å². The van der Waals surface area contributed by atoms with Crippen LogP contribution in [0.3, 0.4) is 0 Å². The minimum absolute atomic E-state index is 0. The molecule has 148 valence electrons. The smallest absolute Gasteiger partial charge is 0.224 e. The highest BCUT2D eigenvalue weighted by atomic mass is 127. The third-order valence-electron chi connectivity index (χ3n) is 3.86. The molecule has 6 nitrogen and oxygen atoms in total. The van der Waals surface area contributed by atoms with E-state index in [2.05, 4.69) is 30.7 Å². The van der Waals surface area contributed by atoms with Gasteiger partial charge in [0.25, 0.3) is 0 Å². The molecule has 0 spiro atoms. The van der Waals surface area contributed by atoms with Gasteiger partial charge in [0.15, 0.2) is 5.96 Å². The van der Waals surface area contributed by atoms with Crippen molar-refractivity contribution in [2.24, 2.45) is 10.7 Å². The highest BCUT2D eigenvalue weighted by molar-refractivity contribution is 14.0. The maximum absolute atomic E-state index is 6.05. The lowest BCUT2D eigenvalue weighted by molar-refractivity contribution is 0.317. The molecule has 0 amide bonds. The van der Waals surface area contributed by atoms with Gasteiger partial charge in [-0.3, -0.25) is 0 Å². The van der Waals surface area contributed by atoms with Crippen LogP contribution in [0.1, 0.15) is 32.8 Å². The van der Waals surface area contributed by atoms with Crippen molar-refractivity contribution in [3.8, 4) is 17.4 Å². The third kappa shape index (κ3) is 7.24. The molecule has 0 atom stereocenters. The summed E-state index contributed by atoms with van der Waals surface area (Å²) >= 11 is 0. The monoisotopic (exact) mass is 484 g/mol. The predicted octanol–water partition coefficient (Wildman–Crippen LogP) is 4.44. The summed E-state index contributed by atoms with van der Waals surface area (Å²) in [6.45, 7) is 8.97. The first-order valence-electron chi connectivity index (χ1n) is 9.07. The molecule has 0 saturated heterocycles. The van der Waals surface area contributed by atoms with Crippen LogP contribution < -0.4 is 15.2 Å². The summed E-state index contributed by atoms with van der Waals surface area (Å²) < 4.78 is 11.5. The number of rotatable bonds is 9. The van der Waals surface area contributed by atoms with Gasteiger partial charge in [0.2, 0.25) is 5.88 Å². The Morgan fingerprint density at radius 2 is 1.74 bits per heavy atom. The maximum atomic E-state index is 6.05. The van der Waals surface area contributed by atoms with E-state index in [9.17, 15) is 0 Å². The van der Waals surface area contributed by atoms with Crippen LogP contribution in [0, 0.1) is 0 Å². The Balaban J connectivity index is 0.00000364. The first-order valence-corrected chi connectivity index (χ1v) is 9.07. The van der Waals surface area contributed by atoms with Gasteiger partial charge in [0.05, 0.1) is 13.2 Å². The molecule has 0 fully saturated rings. The van der Waals surface area contributed by atoms with Crippen molar-refractivity contribution < 1.29 is 9.47 Å². The van der Waals surface area contributed by atoms with Gasteiger partial charge in [0, 0.05) is 24.8 Å². The normalized spacial score (nSPS) is 10.9. The highest BCUT2D eigenvalue weighted by Gasteiger charge is 2.08. The second kappa shape index (κ2) is 12.4. The zero-order valence-electron chi connectivity index (χ0n) is 16.2. The van der Waals surface area contributed by atoms with Crippen LogP contribution in [0.25, 0.3) is 0 Å². The molecule has 0 unspecified atom stereocenters. The zero-order chi connectivity index (χ0) is 18.8. The molecule has 0 aliphatic carbocycles. The summed E-state index contributed by atoms with van der Waals surface area (Å²) in [6.07, 6.45) is 2.68. The summed E-state index contributed by atoms with van der Waals surface area (Å²) in [6, 6.07) is 11.3. The molecule has 1 aromatic heterocycles. The van der Waals surface area contributed by atoms with E-state index in [1.165, 1.54) is 0 Å². The molecule has 2 N–H and O–H groups in total. The summed E-state index contributed by atoms with van der Waals surface area (Å²) in [7, 11) is 0. The van der Waals surface area contributed by atoms with Gasteiger partial charge in [0.1, 0.15) is 11.5 Å². The molecule has 0 bridgehead atoms. The number of aromatic nitrogens is 1. The second-order valence-electron chi connectivity index (χ2n) is 5.74. The number of benzene rings is 1. The average Bonchev–Trinajstić information content (AvgIpc) is 2.67. The number of nitrogens with two attached hydrogens (primary N) is 1. The van der Waals surface area contributed by atoms with Crippen LogP contribution in [-0.2, 0) is 6.54 Å². The standard InChI is InChI=1S/C20H28N4O2.HI/c1-4-14-25-17-9-11-18(12-10-17)26-19-16(8-7-13-22-19)15-23-20(21)24(5-2)6-3;/h7-13H,4-6,14-15H2,1-3H3,(H2,21,23);1H. The largest absolute Gasteiger partial charge is 0.494 e. The van der Waals surface area contributed by atoms with E-state index in [0.29, 0.717) is 30.7 Å². The Morgan fingerprint density at radius 3 is 2.37 bits per heavy atom. The Kier molecular flexibility index (Phi) is 10.5. The number of hydrogen-bond acceptors (Lipinski definition) is 4. The van der Waals surface area contributed by atoms with Gasteiger partial charge in [-0.15, -0.1) is 24.0 Å². The fourth-order valence-corrected chi connectivity index (χ4v) is 2.39. The van der Waals surface area contributed by atoms with Crippen LogP contribution in [0.15, 0.2) is 47.6 Å². The van der Waals surface area contributed by atoms with Crippen LogP contribution in [0.4, 0.5) is 0 Å². The minimum Gasteiger partial charge on any atom is -0.494 e. The Morgan fingerprint density at radius 1 is 1.07 bits per heavy atom. The summed E-state index contributed by atoms with van der Waals surface area (Å²) in [5, 5.41) is 0. The molecular formula is C20H29IN4O2. The van der Waals surface area contributed by atoms with Crippen molar-refractivity contribution in [1.82, 2.24) is 9.88 Å². The van der Waals surface area contributed by atoms with Gasteiger partial charge in [-0.25, -0.2) is 9.98 Å². The van der Waals surface area contributed by atoms with Crippen LogP contribution in [0.5, 0.6) is 17.4 Å². The van der Waals surface area contributed by atoms with Crippen LogP contribution in [-0.4, -0.2) is 35.5 Å². The van der Waals surface area contributed by atoms with Gasteiger partial charge in [-0.1, -0.05) is 13.0 Å². The van der Waals surface area contributed by atoms with Crippen LogP contribution in [0.2, 0.25) is 0 Å². The Bertz CT molecular complexity index is 703. The molecule has 2 aromatic rings. The van der Waals surface area contributed by atoms with E-state index in [0.717, 1.165) is 30.8 Å². The average molecular weight is 484 g/mol. The molecule has 1 heterocycles. The molecule has 2 rings (SSSR count). The number of hydrogen-bond donors (Lipinski definition) is 1. The second-order valence-corrected chi connectivity index (χ2v) is 5.74. The van der Waals surface area contributed by atoms with Crippen LogP contribution >= 0.6 is 24.0 Å². The fraction of sp³-hybridized carbons (Fsp3) is 0.400. The fourth-order valence-electron chi connectivity index (χ4n) is 2.39. The number of halogens is 1. The lowest BCUT2D eigenvalue weighted by atomic mass is 10.2. The number of aliphatic imine (C=N–C) groups is 1. The predicted molar refractivity (Wildman–Crippen MR) is 120 cm³/mol. The van der Waals surface area contributed by atoms with Gasteiger partial charge >= 0.3 is 0 Å². The summed E-state index contributed by atoms with van der Waals surface area (Å²) in [5.41, 5.74) is 6.93. The van der Waals surface area contributed by atoms with E-state index in [4.69, 9.17) is 15.2 Å². The number of nitrogens with zero attached hydrogens (tertiary/aromatic N) is 3. The van der Waals surface area contributed by atoms with Gasteiger partial charge < -0.3 is 20.1 Å². The summed E-state index contributed by atoms with van der Waals surface area (Å²) in [5.74, 6) is 2.60. The topological polar surface area (TPSA) is 73.0 Å². The number of guanidine groups is 1. The highest BCUT2D eigenvalue weighted by Crippen LogP contribution is 2.25. The maximum Gasteiger partial charge on any atom is 0.224 e. The van der Waals surface area contributed by atoms with Crippen molar-refractivity contribution >= 4 is 29.9 Å².